The Labute approximate surface area is 202 Å². The second kappa shape index (κ2) is 11.1. The lowest BCUT2D eigenvalue weighted by Crippen LogP contribution is -2.56. The SMILES string of the molecule is CC(C)S(=O)(=O)N[C@H]1CCN(c2cccnn2)C[C@H]1OCC1CCC(c2cccc(F)c2)CC1. The number of nitrogens with zero attached hydrogens (tertiary/aromatic N) is 3. The summed E-state index contributed by atoms with van der Waals surface area (Å²) in [7, 11) is -3.40. The van der Waals surface area contributed by atoms with Crippen molar-refractivity contribution in [1.82, 2.24) is 14.9 Å². The van der Waals surface area contributed by atoms with E-state index in [-0.39, 0.29) is 18.0 Å². The third-order valence-electron chi connectivity index (χ3n) is 7.09. The zero-order chi connectivity index (χ0) is 24.1. The van der Waals surface area contributed by atoms with Crippen molar-refractivity contribution in [1.29, 1.82) is 0 Å². The third-order valence-corrected chi connectivity index (χ3v) is 8.96. The van der Waals surface area contributed by atoms with Crippen molar-refractivity contribution in [3.05, 3.63) is 54.0 Å². The first-order valence-electron chi connectivity index (χ1n) is 12.2. The van der Waals surface area contributed by atoms with Gasteiger partial charge in [0.25, 0.3) is 0 Å². The normalized spacial score (nSPS) is 26.1. The highest BCUT2D eigenvalue weighted by atomic mass is 32.2. The van der Waals surface area contributed by atoms with Gasteiger partial charge in [0.2, 0.25) is 10.0 Å². The molecule has 0 amide bonds. The van der Waals surface area contributed by atoms with Crippen LogP contribution in [0.4, 0.5) is 10.2 Å². The summed E-state index contributed by atoms with van der Waals surface area (Å²) >= 11 is 0. The first-order valence-corrected chi connectivity index (χ1v) is 13.8. The Morgan fingerprint density at radius 3 is 2.62 bits per heavy atom. The fourth-order valence-electron chi connectivity index (χ4n) is 4.92. The van der Waals surface area contributed by atoms with Gasteiger partial charge in [-0.1, -0.05) is 12.1 Å². The molecule has 1 saturated carbocycles. The average molecular weight is 491 g/mol. The second-order valence-corrected chi connectivity index (χ2v) is 12.0. The van der Waals surface area contributed by atoms with Gasteiger partial charge in [-0.25, -0.2) is 17.5 Å². The van der Waals surface area contributed by atoms with Crippen molar-refractivity contribution in [2.24, 2.45) is 5.92 Å². The number of piperidine rings is 1. The Morgan fingerprint density at radius 1 is 1.15 bits per heavy atom. The third kappa shape index (κ3) is 6.31. The van der Waals surface area contributed by atoms with Crippen LogP contribution in [0.25, 0.3) is 0 Å². The molecule has 2 aromatic rings. The molecule has 0 unspecified atom stereocenters. The molecule has 0 radical (unpaired) electrons. The van der Waals surface area contributed by atoms with Gasteiger partial charge in [0.05, 0.1) is 17.4 Å². The van der Waals surface area contributed by atoms with Crippen molar-refractivity contribution in [2.75, 3.05) is 24.6 Å². The number of sulfonamides is 1. The van der Waals surface area contributed by atoms with E-state index in [1.165, 1.54) is 6.07 Å². The van der Waals surface area contributed by atoms with Crippen LogP contribution in [0.2, 0.25) is 0 Å². The molecule has 1 saturated heterocycles. The molecule has 1 aliphatic carbocycles. The number of aromatic nitrogens is 2. The second-order valence-electron chi connectivity index (χ2n) is 9.78. The van der Waals surface area contributed by atoms with Gasteiger partial charge in [-0.15, -0.1) is 5.10 Å². The molecule has 2 atom stereocenters. The number of rotatable bonds is 8. The Balaban J connectivity index is 1.37. The van der Waals surface area contributed by atoms with Crippen molar-refractivity contribution < 1.29 is 17.5 Å². The molecule has 4 rings (SSSR count). The van der Waals surface area contributed by atoms with Gasteiger partial charge in [0, 0.05) is 25.9 Å². The molecule has 2 fully saturated rings. The minimum absolute atomic E-state index is 0.178. The Hall–Kier alpha value is -2.10. The molecular weight excluding hydrogens is 455 g/mol. The number of nitrogens with one attached hydrogen (secondary N) is 1. The van der Waals surface area contributed by atoms with E-state index in [0.717, 1.165) is 37.1 Å². The molecule has 34 heavy (non-hydrogen) atoms. The number of ether oxygens (including phenoxy) is 1. The first-order chi connectivity index (χ1) is 16.3. The van der Waals surface area contributed by atoms with Crippen LogP contribution in [0.3, 0.4) is 0 Å². The van der Waals surface area contributed by atoms with E-state index in [0.29, 0.717) is 38.0 Å². The average Bonchev–Trinajstić information content (AvgIpc) is 2.84. The maximum Gasteiger partial charge on any atom is 0.214 e. The molecule has 9 heteroatoms. The predicted molar refractivity (Wildman–Crippen MR) is 131 cm³/mol. The molecule has 0 spiro atoms. The van der Waals surface area contributed by atoms with E-state index in [1.54, 1.807) is 32.2 Å². The molecule has 186 valence electrons. The zero-order valence-corrected chi connectivity index (χ0v) is 20.8. The molecule has 1 aromatic carbocycles. The van der Waals surface area contributed by atoms with Crippen LogP contribution in [-0.4, -0.2) is 55.7 Å². The summed E-state index contributed by atoms with van der Waals surface area (Å²) in [6.07, 6.45) is 6.06. The topological polar surface area (TPSA) is 84.4 Å². The molecule has 1 aromatic heterocycles. The highest BCUT2D eigenvalue weighted by Gasteiger charge is 2.35. The van der Waals surface area contributed by atoms with Crippen LogP contribution in [0.15, 0.2) is 42.6 Å². The van der Waals surface area contributed by atoms with Gasteiger partial charge in [-0.05, 0) is 87.6 Å². The highest BCUT2D eigenvalue weighted by Crippen LogP contribution is 2.36. The Kier molecular flexibility index (Phi) is 8.16. The van der Waals surface area contributed by atoms with Crippen LogP contribution < -0.4 is 9.62 Å². The summed E-state index contributed by atoms with van der Waals surface area (Å²) in [5, 5.41) is 7.69. The molecule has 0 bridgehead atoms. The summed E-state index contributed by atoms with van der Waals surface area (Å²) in [6.45, 7) is 5.20. The van der Waals surface area contributed by atoms with Crippen molar-refractivity contribution >= 4 is 15.8 Å². The van der Waals surface area contributed by atoms with Gasteiger partial charge in [0.1, 0.15) is 5.82 Å². The molecule has 2 aliphatic rings. The van der Waals surface area contributed by atoms with E-state index in [4.69, 9.17) is 4.74 Å². The van der Waals surface area contributed by atoms with Crippen molar-refractivity contribution in [3.8, 4) is 0 Å². The number of anilines is 1. The van der Waals surface area contributed by atoms with Crippen molar-refractivity contribution in [2.45, 2.75) is 69.3 Å². The van der Waals surface area contributed by atoms with Crippen LogP contribution in [0.1, 0.15) is 57.4 Å². The lowest BCUT2D eigenvalue weighted by molar-refractivity contribution is -0.00137. The fourth-order valence-corrected chi connectivity index (χ4v) is 5.88. The largest absolute Gasteiger partial charge is 0.374 e. The van der Waals surface area contributed by atoms with Gasteiger partial charge in [-0.3, -0.25) is 0 Å². The molecule has 2 heterocycles. The number of benzene rings is 1. The van der Waals surface area contributed by atoms with E-state index in [9.17, 15) is 12.8 Å². The maximum atomic E-state index is 13.6. The standard InChI is InChI=1S/C25H35FN4O3S/c1-18(2)34(31,32)29-23-12-14-30(25-7-4-13-27-28-25)16-24(23)33-17-19-8-10-20(11-9-19)21-5-3-6-22(26)15-21/h3-7,13,15,18-20,23-24,29H,8-12,14,16-17H2,1-2H3/t19?,20?,23-,24+/m0/s1. The van der Waals surface area contributed by atoms with Crippen LogP contribution in [0.5, 0.6) is 0 Å². The molecule has 7 nitrogen and oxygen atoms in total. The van der Waals surface area contributed by atoms with Gasteiger partial charge < -0.3 is 9.64 Å². The van der Waals surface area contributed by atoms with Gasteiger partial charge in [-0.2, -0.15) is 5.10 Å². The first kappa shape index (κ1) is 25.0. The van der Waals surface area contributed by atoms with E-state index < -0.39 is 15.3 Å². The Morgan fingerprint density at radius 2 is 1.94 bits per heavy atom. The zero-order valence-electron chi connectivity index (χ0n) is 19.9. The highest BCUT2D eigenvalue weighted by molar-refractivity contribution is 7.90. The van der Waals surface area contributed by atoms with E-state index in [1.807, 2.05) is 18.2 Å². The summed E-state index contributed by atoms with van der Waals surface area (Å²) in [5.74, 6) is 1.40. The summed E-state index contributed by atoms with van der Waals surface area (Å²) < 4.78 is 48.0. The lowest BCUT2D eigenvalue weighted by Gasteiger charge is -2.40. The maximum absolute atomic E-state index is 13.6. The lowest BCUT2D eigenvalue weighted by atomic mass is 9.79. The minimum Gasteiger partial charge on any atom is -0.374 e. The van der Waals surface area contributed by atoms with Crippen LogP contribution in [-0.2, 0) is 14.8 Å². The summed E-state index contributed by atoms with van der Waals surface area (Å²) in [4.78, 5) is 2.11. The monoisotopic (exact) mass is 490 g/mol. The number of hydrogen-bond acceptors (Lipinski definition) is 6. The summed E-state index contributed by atoms with van der Waals surface area (Å²) in [5.41, 5.74) is 1.08. The smallest absolute Gasteiger partial charge is 0.214 e. The van der Waals surface area contributed by atoms with Crippen LogP contribution >= 0.6 is 0 Å². The predicted octanol–water partition coefficient (Wildman–Crippen LogP) is 3.88. The summed E-state index contributed by atoms with van der Waals surface area (Å²) in [6, 6.07) is 10.4. The van der Waals surface area contributed by atoms with Gasteiger partial charge >= 0.3 is 0 Å². The van der Waals surface area contributed by atoms with E-state index >= 15 is 0 Å². The quantitative estimate of drug-likeness (QED) is 0.605. The molecular formula is C25H35FN4O3S. The van der Waals surface area contributed by atoms with Crippen molar-refractivity contribution in [3.63, 3.8) is 0 Å². The van der Waals surface area contributed by atoms with Crippen LogP contribution in [0, 0.1) is 11.7 Å². The van der Waals surface area contributed by atoms with Gasteiger partial charge in [0.15, 0.2) is 5.82 Å². The number of hydrogen-bond donors (Lipinski definition) is 1. The number of halogens is 1. The Bertz CT molecular complexity index is 1030. The molecule has 1 aliphatic heterocycles. The molecule has 1 N–H and O–H groups in total. The van der Waals surface area contributed by atoms with E-state index in [2.05, 4.69) is 19.8 Å². The minimum atomic E-state index is -3.40. The fraction of sp³-hybridized carbons (Fsp3) is 0.600.